The van der Waals surface area contributed by atoms with Crippen LogP contribution in [-0.2, 0) is 6.54 Å². The molecule has 0 aliphatic carbocycles. The average Bonchev–Trinajstić information content (AvgIpc) is 2.16. The Balaban J connectivity index is 0.00000112. The first-order valence-corrected chi connectivity index (χ1v) is 4.74. The number of benzene rings is 1. The first-order chi connectivity index (χ1) is 6.70. The van der Waals surface area contributed by atoms with Crippen LogP contribution in [0.4, 0.5) is 0 Å². The Bertz CT molecular complexity index is 343. The molecular formula is C11H16ClNO2. The Morgan fingerprint density at radius 1 is 1.47 bits per heavy atom. The molecular weight excluding hydrogens is 214 g/mol. The number of fused-ring (bicyclic) bond motifs is 1. The van der Waals surface area contributed by atoms with E-state index in [-0.39, 0.29) is 18.5 Å². The Morgan fingerprint density at radius 2 is 2.20 bits per heavy atom. The van der Waals surface area contributed by atoms with Gasteiger partial charge in [0.2, 0.25) is 0 Å². The molecule has 0 aromatic heterocycles. The number of aliphatic hydroxyl groups excluding tert-OH is 1. The van der Waals surface area contributed by atoms with Crippen molar-refractivity contribution in [1.82, 2.24) is 4.90 Å². The van der Waals surface area contributed by atoms with E-state index < -0.39 is 0 Å². The maximum Gasteiger partial charge on any atom is 0.119 e. The minimum Gasteiger partial charge on any atom is -0.497 e. The molecule has 1 aromatic rings. The molecule has 3 nitrogen and oxygen atoms in total. The summed E-state index contributed by atoms with van der Waals surface area (Å²) in [6.45, 7) is 1.59. The highest BCUT2D eigenvalue weighted by atomic mass is 35.5. The zero-order valence-electron chi connectivity index (χ0n) is 8.93. The number of hydrogen-bond acceptors (Lipinski definition) is 3. The molecule has 2 rings (SSSR count). The van der Waals surface area contributed by atoms with Crippen molar-refractivity contribution in [1.29, 1.82) is 0 Å². The molecule has 0 amide bonds. The predicted octanol–water partition coefficient (Wildman–Crippen LogP) is 1.60. The van der Waals surface area contributed by atoms with Crippen LogP contribution in [0.1, 0.15) is 17.2 Å². The second-order valence-electron chi connectivity index (χ2n) is 3.78. The first kappa shape index (κ1) is 12.3. The van der Waals surface area contributed by atoms with Crippen molar-refractivity contribution >= 4 is 12.4 Å². The number of nitrogens with zero attached hydrogens (tertiary/aromatic N) is 1. The number of aliphatic hydroxyl groups is 1. The number of halogens is 1. The molecule has 0 fully saturated rings. The zero-order chi connectivity index (χ0) is 10.1. The summed E-state index contributed by atoms with van der Waals surface area (Å²) in [5.74, 6) is 0.853. The number of ether oxygens (including phenoxy) is 1. The fourth-order valence-corrected chi connectivity index (χ4v) is 1.92. The van der Waals surface area contributed by atoms with Crippen LogP contribution >= 0.6 is 12.4 Å². The van der Waals surface area contributed by atoms with Crippen molar-refractivity contribution in [2.45, 2.75) is 12.6 Å². The topological polar surface area (TPSA) is 32.7 Å². The molecule has 0 bridgehead atoms. The molecule has 1 aliphatic rings. The maximum absolute atomic E-state index is 9.81. The fraction of sp³-hybridized carbons (Fsp3) is 0.455. The summed E-state index contributed by atoms with van der Waals surface area (Å²) in [6.07, 6.45) is -0.366. The minimum atomic E-state index is -0.366. The van der Waals surface area contributed by atoms with Gasteiger partial charge in [-0.25, -0.2) is 0 Å². The van der Waals surface area contributed by atoms with Crippen LogP contribution in [0, 0.1) is 0 Å². The van der Waals surface area contributed by atoms with E-state index >= 15 is 0 Å². The van der Waals surface area contributed by atoms with Crippen molar-refractivity contribution in [2.75, 3.05) is 20.7 Å². The fourth-order valence-electron chi connectivity index (χ4n) is 1.92. The van der Waals surface area contributed by atoms with Crippen molar-refractivity contribution < 1.29 is 9.84 Å². The van der Waals surface area contributed by atoms with Crippen LogP contribution in [0.5, 0.6) is 5.75 Å². The summed E-state index contributed by atoms with van der Waals surface area (Å²) >= 11 is 0. The zero-order valence-corrected chi connectivity index (χ0v) is 9.75. The van der Waals surface area contributed by atoms with Gasteiger partial charge in [0.25, 0.3) is 0 Å². The highest BCUT2D eigenvalue weighted by molar-refractivity contribution is 5.85. The Hall–Kier alpha value is -0.770. The van der Waals surface area contributed by atoms with E-state index in [2.05, 4.69) is 4.90 Å². The molecule has 4 heteroatoms. The lowest BCUT2D eigenvalue weighted by Crippen LogP contribution is -2.30. The quantitative estimate of drug-likeness (QED) is 0.794. The van der Waals surface area contributed by atoms with Crippen molar-refractivity contribution in [2.24, 2.45) is 0 Å². The normalized spacial score (nSPS) is 20.3. The lowest BCUT2D eigenvalue weighted by Gasteiger charge is -2.29. The third kappa shape index (κ3) is 2.43. The number of β-amino-alcohol motifs (C(OH)–C–C–N with tert-alkyl or cyclic N) is 1. The largest absolute Gasteiger partial charge is 0.497 e. The van der Waals surface area contributed by atoms with E-state index in [1.807, 2.05) is 25.2 Å². The summed E-state index contributed by atoms with van der Waals surface area (Å²) in [6, 6.07) is 5.84. The molecule has 0 saturated heterocycles. The van der Waals surface area contributed by atoms with E-state index in [1.165, 1.54) is 0 Å². The average molecular weight is 230 g/mol. The highest BCUT2D eigenvalue weighted by Crippen LogP contribution is 2.28. The van der Waals surface area contributed by atoms with Gasteiger partial charge in [0.1, 0.15) is 5.75 Å². The molecule has 1 aromatic carbocycles. The number of likely N-dealkylation sites (N-methyl/N-ethyl adjacent to an activating group) is 1. The lowest BCUT2D eigenvalue weighted by molar-refractivity contribution is 0.108. The van der Waals surface area contributed by atoms with E-state index in [0.29, 0.717) is 6.54 Å². The third-order valence-electron chi connectivity index (χ3n) is 2.63. The van der Waals surface area contributed by atoms with E-state index in [4.69, 9.17) is 4.74 Å². The molecule has 1 atom stereocenters. The lowest BCUT2D eigenvalue weighted by atomic mass is 9.97. The molecule has 1 N–H and O–H groups in total. The number of hydrogen-bond donors (Lipinski definition) is 1. The Labute approximate surface area is 96.1 Å². The number of rotatable bonds is 1. The standard InChI is InChI=1S/C11H15NO2.ClH/c1-12-6-8-5-9(14-2)3-4-10(8)11(13)7-12;/h3-5,11,13H,6-7H2,1-2H3;1H. The summed E-state index contributed by atoms with van der Waals surface area (Å²) in [4.78, 5) is 2.10. The van der Waals surface area contributed by atoms with Gasteiger partial charge in [-0.2, -0.15) is 0 Å². The maximum atomic E-state index is 9.81. The predicted molar refractivity (Wildman–Crippen MR) is 61.5 cm³/mol. The van der Waals surface area contributed by atoms with Gasteiger partial charge < -0.3 is 9.84 Å². The van der Waals surface area contributed by atoms with Gasteiger partial charge in [0, 0.05) is 13.1 Å². The van der Waals surface area contributed by atoms with Gasteiger partial charge in [-0.3, -0.25) is 4.90 Å². The van der Waals surface area contributed by atoms with Crippen LogP contribution in [0.25, 0.3) is 0 Å². The molecule has 0 radical (unpaired) electrons. The van der Waals surface area contributed by atoms with Gasteiger partial charge in [0.15, 0.2) is 0 Å². The Kier molecular flexibility index (Phi) is 3.97. The van der Waals surface area contributed by atoms with E-state index in [0.717, 1.165) is 23.4 Å². The van der Waals surface area contributed by atoms with Gasteiger partial charge in [-0.05, 0) is 30.3 Å². The molecule has 84 valence electrons. The minimum absolute atomic E-state index is 0. The number of methoxy groups -OCH3 is 1. The first-order valence-electron chi connectivity index (χ1n) is 4.74. The van der Waals surface area contributed by atoms with Crippen LogP contribution < -0.4 is 4.74 Å². The molecule has 15 heavy (non-hydrogen) atoms. The van der Waals surface area contributed by atoms with Crippen molar-refractivity contribution in [3.05, 3.63) is 29.3 Å². The van der Waals surface area contributed by atoms with Crippen LogP contribution in [-0.4, -0.2) is 30.7 Å². The molecule has 1 heterocycles. The SMILES string of the molecule is COc1ccc2c(c1)CN(C)CC2O.Cl. The van der Waals surface area contributed by atoms with Gasteiger partial charge >= 0.3 is 0 Å². The smallest absolute Gasteiger partial charge is 0.119 e. The van der Waals surface area contributed by atoms with Crippen LogP contribution in [0.2, 0.25) is 0 Å². The van der Waals surface area contributed by atoms with Crippen LogP contribution in [0.3, 0.4) is 0 Å². The van der Waals surface area contributed by atoms with Crippen molar-refractivity contribution in [3.8, 4) is 5.75 Å². The summed E-state index contributed by atoms with van der Waals surface area (Å²) in [5.41, 5.74) is 2.19. The van der Waals surface area contributed by atoms with Gasteiger partial charge in [0.05, 0.1) is 13.2 Å². The Morgan fingerprint density at radius 3 is 2.87 bits per heavy atom. The summed E-state index contributed by atoms with van der Waals surface area (Å²) < 4.78 is 5.15. The summed E-state index contributed by atoms with van der Waals surface area (Å²) in [5, 5.41) is 9.81. The second-order valence-corrected chi connectivity index (χ2v) is 3.78. The summed E-state index contributed by atoms with van der Waals surface area (Å²) in [7, 11) is 3.66. The monoisotopic (exact) mass is 229 g/mol. The molecule has 0 spiro atoms. The molecule has 1 aliphatic heterocycles. The van der Waals surface area contributed by atoms with Crippen LogP contribution in [0.15, 0.2) is 18.2 Å². The van der Waals surface area contributed by atoms with E-state index in [1.54, 1.807) is 7.11 Å². The highest BCUT2D eigenvalue weighted by Gasteiger charge is 2.21. The third-order valence-corrected chi connectivity index (χ3v) is 2.63. The van der Waals surface area contributed by atoms with Gasteiger partial charge in [-0.15, -0.1) is 12.4 Å². The molecule has 0 saturated carbocycles. The van der Waals surface area contributed by atoms with Gasteiger partial charge in [-0.1, -0.05) is 6.07 Å². The van der Waals surface area contributed by atoms with Crippen molar-refractivity contribution in [3.63, 3.8) is 0 Å². The second kappa shape index (κ2) is 4.84. The molecule has 1 unspecified atom stereocenters. The van der Waals surface area contributed by atoms with E-state index in [9.17, 15) is 5.11 Å².